The minimum Gasteiger partial charge on any atom is -0.481 e. The third-order valence-corrected chi connectivity index (χ3v) is 3.70. The first-order chi connectivity index (χ1) is 11.5. The normalized spacial score (nSPS) is 11.7. The van der Waals surface area contributed by atoms with Gasteiger partial charge < -0.3 is 16.2 Å². The molecule has 126 valence electrons. The molecule has 0 bridgehead atoms. The lowest BCUT2D eigenvalue weighted by Gasteiger charge is -2.09. The van der Waals surface area contributed by atoms with Crippen molar-refractivity contribution >= 4 is 17.7 Å². The molecule has 0 aliphatic rings. The number of amides is 1. The molecule has 6 nitrogen and oxygen atoms in total. The van der Waals surface area contributed by atoms with E-state index >= 15 is 0 Å². The Morgan fingerprint density at radius 2 is 1.88 bits per heavy atom. The van der Waals surface area contributed by atoms with Gasteiger partial charge in [-0.3, -0.25) is 9.59 Å². The Morgan fingerprint density at radius 3 is 2.50 bits per heavy atom. The minimum absolute atomic E-state index is 0.108. The smallest absolute Gasteiger partial charge is 0.308 e. The molecule has 2 rings (SSSR count). The van der Waals surface area contributed by atoms with Crippen LogP contribution in [0.4, 0.5) is 5.82 Å². The summed E-state index contributed by atoms with van der Waals surface area (Å²) in [5.41, 5.74) is 8.19. The number of carbonyl (C=O) groups is 2. The van der Waals surface area contributed by atoms with Gasteiger partial charge in [0.2, 0.25) is 0 Å². The van der Waals surface area contributed by atoms with Crippen LogP contribution < -0.4 is 11.1 Å². The number of aliphatic carboxylic acids is 1. The van der Waals surface area contributed by atoms with E-state index in [1.165, 1.54) is 0 Å². The van der Waals surface area contributed by atoms with Crippen molar-refractivity contribution in [1.82, 2.24) is 10.3 Å². The van der Waals surface area contributed by atoms with E-state index in [0.717, 1.165) is 24.1 Å². The summed E-state index contributed by atoms with van der Waals surface area (Å²) in [6.07, 6.45) is 1.57. The van der Waals surface area contributed by atoms with Gasteiger partial charge >= 0.3 is 5.97 Å². The molecule has 1 amide bonds. The van der Waals surface area contributed by atoms with Crippen LogP contribution in [0.2, 0.25) is 0 Å². The highest BCUT2D eigenvalue weighted by Crippen LogP contribution is 2.09. The maximum absolute atomic E-state index is 12.0. The van der Waals surface area contributed by atoms with E-state index in [0.29, 0.717) is 11.4 Å². The first-order valence-electron chi connectivity index (χ1n) is 7.77. The summed E-state index contributed by atoms with van der Waals surface area (Å²) in [4.78, 5) is 27.0. The zero-order valence-corrected chi connectivity index (χ0v) is 13.5. The fourth-order valence-corrected chi connectivity index (χ4v) is 2.17. The summed E-state index contributed by atoms with van der Waals surface area (Å²) in [6, 6.07) is 12.8. The van der Waals surface area contributed by atoms with Gasteiger partial charge in [0.05, 0.1) is 5.92 Å². The van der Waals surface area contributed by atoms with Gasteiger partial charge in [0.25, 0.3) is 5.91 Å². The number of hydrogen-bond acceptors (Lipinski definition) is 4. The van der Waals surface area contributed by atoms with Crippen LogP contribution in [0.3, 0.4) is 0 Å². The monoisotopic (exact) mass is 327 g/mol. The van der Waals surface area contributed by atoms with Crippen LogP contribution in [-0.4, -0.2) is 28.5 Å². The summed E-state index contributed by atoms with van der Waals surface area (Å²) in [5.74, 6) is -1.30. The Balaban J connectivity index is 1.88. The molecule has 0 saturated carbocycles. The summed E-state index contributed by atoms with van der Waals surface area (Å²) < 4.78 is 0. The van der Waals surface area contributed by atoms with Crippen LogP contribution in [0.25, 0.3) is 0 Å². The minimum atomic E-state index is -0.930. The number of benzene rings is 1. The van der Waals surface area contributed by atoms with E-state index in [1.807, 2.05) is 24.3 Å². The molecule has 1 aromatic heterocycles. The first kappa shape index (κ1) is 17.5. The molecular weight excluding hydrogens is 306 g/mol. The van der Waals surface area contributed by atoms with Crippen molar-refractivity contribution in [2.75, 3.05) is 12.3 Å². The third kappa shape index (κ3) is 5.08. The SMILES string of the molecule is CC(CNC(=O)c1ccc(CCc2cccc(N)n2)cc1)C(=O)O. The number of carbonyl (C=O) groups excluding carboxylic acids is 1. The van der Waals surface area contributed by atoms with Gasteiger partial charge in [-0.15, -0.1) is 0 Å². The zero-order valence-electron chi connectivity index (χ0n) is 13.5. The van der Waals surface area contributed by atoms with Crippen molar-refractivity contribution in [3.05, 3.63) is 59.3 Å². The third-order valence-electron chi connectivity index (χ3n) is 3.70. The summed E-state index contributed by atoms with van der Waals surface area (Å²) in [5, 5.41) is 11.4. The molecule has 0 aliphatic carbocycles. The second-order valence-corrected chi connectivity index (χ2v) is 5.70. The number of nitrogen functional groups attached to an aromatic ring is 1. The second kappa shape index (κ2) is 8.10. The lowest BCUT2D eigenvalue weighted by molar-refractivity contribution is -0.140. The number of rotatable bonds is 7. The van der Waals surface area contributed by atoms with Crippen molar-refractivity contribution in [3.63, 3.8) is 0 Å². The number of nitrogens with two attached hydrogens (primary N) is 1. The average Bonchev–Trinajstić information content (AvgIpc) is 2.58. The number of carboxylic acids is 1. The van der Waals surface area contributed by atoms with Crippen molar-refractivity contribution < 1.29 is 14.7 Å². The number of anilines is 1. The molecule has 1 unspecified atom stereocenters. The highest BCUT2D eigenvalue weighted by Gasteiger charge is 2.13. The standard InChI is InChI=1S/C18H21N3O3/c1-12(18(23)24)11-20-17(22)14-8-5-13(6-9-14)7-10-15-3-2-4-16(19)21-15/h2-6,8-9,12H,7,10-11H2,1H3,(H2,19,21)(H,20,22)(H,23,24). The Hall–Kier alpha value is -2.89. The predicted octanol–water partition coefficient (Wildman–Crippen LogP) is 1.90. The molecule has 0 aliphatic heterocycles. The van der Waals surface area contributed by atoms with Gasteiger partial charge in [0.15, 0.2) is 0 Å². The largest absolute Gasteiger partial charge is 0.481 e. The van der Waals surface area contributed by atoms with Crippen molar-refractivity contribution in [2.45, 2.75) is 19.8 Å². The Morgan fingerprint density at radius 1 is 1.17 bits per heavy atom. The number of nitrogens with zero attached hydrogens (tertiary/aromatic N) is 1. The number of carboxylic acid groups (broad SMARTS) is 1. The fraction of sp³-hybridized carbons (Fsp3) is 0.278. The van der Waals surface area contributed by atoms with Crippen LogP contribution in [-0.2, 0) is 17.6 Å². The van der Waals surface area contributed by atoms with Gasteiger partial charge in [-0.25, -0.2) is 4.98 Å². The number of pyridine rings is 1. The molecule has 1 heterocycles. The summed E-state index contributed by atoms with van der Waals surface area (Å²) in [7, 11) is 0. The van der Waals surface area contributed by atoms with Gasteiger partial charge in [-0.05, 0) is 42.7 Å². The molecule has 0 radical (unpaired) electrons. The lowest BCUT2D eigenvalue weighted by Crippen LogP contribution is -2.31. The molecular formula is C18H21N3O3. The molecule has 6 heteroatoms. The number of aromatic nitrogens is 1. The lowest BCUT2D eigenvalue weighted by atomic mass is 10.1. The fourth-order valence-electron chi connectivity index (χ4n) is 2.17. The second-order valence-electron chi connectivity index (χ2n) is 5.70. The first-order valence-corrected chi connectivity index (χ1v) is 7.77. The van der Waals surface area contributed by atoms with Crippen molar-refractivity contribution in [2.24, 2.45) is 5.92 Å². The van der Waals surface area contributed by atoms with Crippen LogP contribution in [0, 0.1) is 5.92 Å². The Kier molecular flexibility index (Phi) is 5.89. The quantitative estimate of drug-likeness (QED) is 0.720. The zero-order chi connectivity index (χ0) is 17.5. The topological polar surface area (TPSA) is 105 Å². The Labute approximate surface area is 140 Å². The summed E-state index contributed by atoms with van der Waals surface area (Å²) in [6.45, 7) is 1.66. The van der Waals surface area contributed by atoms with Crippen LogP contribution >= 0.6 is 0 Å². The van der Waals surface area contributed by atoms with Crippen LogP contribution in [0.15, 0.2) is 42.5 Å². The molecule has 24 heavy (non-hydrogen) atoms. The predicted molar refractivity (Wildman–Crippen MR) is 91.6 cm³/mol. The molecule has 0 spiro atoms. The van der Waals surface area contributed by atoms with Gasteiger partial charge in [-0.2, -0.15) is 0 Å². The Bertz CT molecular complexity index is 714. The van der Waals surface area contributed by atoms with E-state index in [9.17, 15) is 9.59 Å². The molecule has 1 atom stereocenters. The van der Waals surface area contributed by atoms with Crippen molar-refractivity contribution in [1.29, 1.82) is 0 Å². The number of hydrogen-bond donors (Lipinski definition) is 3. The van der Waals surface area contributed by atoms with Crippen molar-refractivity contribution in [3.8, 4) is 0 Å². The van der Waals surface area contributed by atoms with Gasteiger partial charge in [0, 0.05) is 17.8 Å². The number of nitrogens with one attached hydrogen (secondary N) is 1. The van der Waals surface area contributed by atoms with Crippen LogP contribution in [0.1, 0.15) is 28.5 Å². The van der Waals surface area contributed by atoms with E-state index in [-0.39, 0.29) is 12.5 Å². The maximum atomic E-state index is 12.0. The highest BCUT2D eigenvalue weighted by atomic mass is 16.4. The molecule has 0 fully saturated rings. The van der Waals surface area contributed by atoms with Crippen LogP contribution in [0.5, 0.6) is 0 Å². The van der Waals surface area contributed by atoms with E-state index in [2.05, 4.69) is 10.3 Å². The van der Waals surface area contributed by atoms with E-state index in [4.69, 9.17) is 10.8 Å². The van der Waals surface area contributed by atoms with E-state index in [1.54, 1.807) is 25.1 Å². The molecule has 0 saturated heterocycles. The molecule has 1 aromatic carbocycles. The number of aryl methyl sites for hydroxylation is 2. The van der Waals surface area contributed by atoms with E-state index < -0.39 is 11.9 Å². The van der Waals surface area contributed by atoms with Gasteiger partial charge in [-0.1, -0.05) is 25.1 Å². The maximum Gasteiger partial charge on any atom is 0.308 e. The average molecular weight is 327 g/mol. The molecule has 4 N–H and O–H groups in total. The summed E-state index contributed by atoms with van der Waals surface area (Å²) >= 11 is 0. The molecule has 2 aromatic rings. The van der Waals surface area contributed by atoms with Gasteiger partial charge in [0.1, 0.15) is 5.82 Å². The highest BCUT2D eigenvalue weighted by molar-refractivity contribution is 5.94.